The van der Waals surface area contributed by atoms with E-state index in [1.165, 1.54) is 5.75 Å². The minimum Gasteiger partial charge on any atom is -0.388 e. The molecule has 0 saturated carbocycles. The van der Waals surface area contributed by atoms with Crippen LogP contribution < -0.4 is 0 Å². The van der Waals surface area contributed by atoms with Crippen molar-refractivity contribution in [2.75, 3.05) is 18.1 Å². The number of aliphatic hydroxyl groups is 1. The van der Waals surface area contributed by atoms with Gasteiger partial charge in [-0.25, -0.2) is 0 Å². The van der Waals surface area contributed by atoms with Crippen molar-refractivity contribution in [3.05, 3.63) is 34.3 Å². The number of aliphatic hydroxyl groups excluding tert-OH is 1. The lowest BCUT2D eigenvalue weighted by Crippen LogP contribution is -2.41. The Balaban J connectivity index is 1.79. The van der Waals surface area contributed by atoms with Crippen molar-refractivity contribution >= 4 is 23.4 Å². The molecule has 3 rings (SSSR count). The van der Waals surface area contributed by atoms with Crippen LogP contribution in [0.5, 0.6) is 0 Å². The molecule has 1 spiro atoms. The average Bonchev–Trinajstić information content (AvgIpc) is 2.89. The summed E-state index contributed by atoms with van der Waals surface area (Å²) in [6, 6.07) is 5.91. The predicted molar refractivity (Wildman–Crippen MR) is 84.5 cm³/mol. The van der Waals surface area contributed by atoms with Crippen molar-refractivity contribution in [1.82, 2.24) is 0 Å². The van der Waals surface area contributed by atoms with Gasteiger partial charge in [-0.1, -0.05) is 29.8 Å². The van der Waals surface area contributed by atoms with Gasteiger partial charge in [0.05, 0.1) is 11.7 Å². The zero-order chi connectivity index (χ0) is 14.2. The van der Waals surface area contributed by atoms with E-state index in [9.17, 15) is 5.11 Å². The molecule has 0 aromatic heterocycles. The molecule has 2 aliphatic heterocycles. The van der Waals surface area contributed by atoms with Crippen LogP contribution in [0.25, 0.3) is 0 Å². The zero-order valence-electron chi connectivity index (χ0n) is 11.8. The van der Waals surface area contributed by atoms with Gasteiger partial charge in [-0.05, 0) is 49.0 Å². The molecule has 2 nitrogen and oxygen atoms in total. The van der Waals surface area contributed by atoms with E-state index in [4.69, 9.17) is 16.3 Å². The van der Waals surface area contributed by atoms with Crippen LogP contribution in [-0.4, -0.2) is 28.8 Å². The highest BCUT2D eigenvalue weighted by atomic mass is 35.5. The number of benzene rings is 1. The SMILES string of the molecule is Cc1cccc(C(O)C2CCOC3(CCSC3)C2)c1Cl. The van der Waals surface area contributed by atoms with Crippen molar-refractivity contribution in [2.24, 2.45) is 5.92 Å². The maximum absolute atomic E-state index is 10.7. The predicted octanol–water partition coefficient (Wildman–Crippen LogP) is 3.98. The zero-order valence-corrected chi connectivity index (χ0v) is 13.3. The molecule has 1 aromatic rings. The Labute approximate surface area is 129 Å². The van der Waals surface area contributed by atoms with Crippen LogP contribution in [0, 0.1) is 12.8 Å². The van der Waals surface area contributed by atoms with Crippen molar-refractivity contribution in [3.63, 3.8) is 0 Å². The quantitative estimate of drug-likeness (QED) is 0.895. The van der Waals surface area contributed by atoms with E-state index >= 15 is 0 Å². The summed E-state index contributed by atoms with van der Waals surface area (Å²) < 4.78 is 6.03. The molecule has 0 aliphatic carbocycles. The molecule has 110 valence electrons. The van der Waals surface area contributed by atoms with Gasteiger partial charge in [0, 0.05) is 17.4 Å². The van der Waals surface area contributed by atoms with Gasteiger partial charge in [-0.15, -0.1) is 0 Å². The third-order valence-electron chi connectivity index (χ3n) is 4.59. The standard InChI is InChI=1S/C16H21ClO2S/c1-11-3-2-4-13(14(11)17)15(18)12-5-7-19-16(9-12)6-8-20-10-16/h2-4,12,15,18H,5-10H2,1H3. The summed E-state index contributed by atoms with van der Waals surface area (Å²) in [5.41, 5.74) is 1.91. The van der Waals surface area contributed by atoms with Crippen LogP contribution in [0.15, 0.2) is 18.2 Å². The molecule has 2 heterocycles. The van der Waals surface area contributed by atoms with E-state index < -0.39 is 6.10 Å². The fourth-order valence-corrected chi connectivity index (χ4v) is 4.97. The Bertz CT molecular complexity index is 485. The van der Waals surface area contributed by atoms with E-state index in [2.05, 4.69) is 0 Å². The summed E-state index contributed by atoms with van der Waals surface area (Å²) in [6.07, 6.45) is 2.50. The summed E-state index contributed by atoms with van der Waals surface area (Å²) in [5, 5.41) is 11.5. The fourth-order valence-electron chi connectivity index (χ4n) is 3.35. The molecule has 0 amide bonds. The smallest absolute Gasteiger partial charge is 0.0834 e. The van der Waals surface area contributed by atoms with Crippen LogP contribution in [-0.2, 0) is 4.74 Å². The summed E-state index contributed by atoms with van der Waals surface area (Å²) in [4.78, 5) is 0. The second kappa shape index (κ2) is 5.88. The molecule has 20 heavy (non-hydrogen) atoms. The number of hydrogen-bond acceptors (Lipinski definition) is 3. The van der Waals surface area contributed by atoms with E-state index in [-0.39, 0.29) is 11.5 Å². The highest BCUT2D eigenvalue weighted by molar-refractivity contribution is 7.99. The Kier molecular flexibility index (Phi) is 4.32. The number of hydrogen-bond donors (Lipinski definition) is 1. The minimum absolute atomic E-state index is 0.00483. The van der Waals surface area contributed by atoms with Gasteiger partial charge in [0.2, 0.25) is 0 Å². The van der Waals surface area contributed by atoms with E-state index in [1.54, 1.807) is 0 Å². The largest absolute Gasteiger partial charge is 0.388 e. The molecule has 4 heteroatoms. The molecular weight excluding hydrogens is 292 g/mol. The van der Waals surface area contributed by atoms with Crippen LogP contribution >= 0.6 is 23.4 Å². The summed E-state index contributed by atoms with van der Waals surface area (Å²) in [7, 11) is 0. The maximum atomic E-state index is 10.7. The summed E-state index contributed by atoms with van der Waals surface area (Å²) in [6.45, 7) is 2.74. The van der Waals surface area contributed by atoms with Crippen molar-refractivity contribution in [1.29, 1.82) is 0 Å². The molecule has 2 saturated heterocycles. The first-order chi connectivity index (χ1) is 9.61. The maximum Gasteiger partial charge on any atom is 0.0834 e. The fraction of sp³-hybridized carbons (Fsp3) is 0.625. The molecule has 3 atom stereocenters. The number of thioether (sulfide) groups is 1. The van der Waals surface area contributed by atoms with Crippen LogP contribution in [0.2, 0.25) is 5.02 Å². The number of ether oxygens (including phenoxy) is 1. The third kappa shape index (κ3) is 2.74. The minimum atomic E-state index is -0.478. The second-order valence-electron chi connectivity index (χ2n) is 6.01. The Morgan fingerprint density at radius 3 is 3.10 bits per heavy atom. The van der Waals surface area contributed by atoms with Crippen LogP contribution in [0.3, 0.4) is 0 Å². The number of halogens is 1. The van der Waals surface area contributed by atoms with Gasteiger partial charge in [0.1, 0.15) is 0 Å². The van der Waals surface area contributed by atoms with Crippen molar-refractivity contribution in [2.45, 2.75) is 37.9 Å². The monoisotopic (exact) mass is 312 g/mol. The van der Waals surface area contributed by atoms with Crippen LogP contribution in [0.1, 0.15) is 36.5 Å². The highest BCUT2D eigenvalue weighted by Crippen LogP contribution is 2.45. The average molecular weight is 313 g/mol. The number of aryl methyl sites for hydroxylation is 1. The van der Waals surface area contributed by atoms with Gasteiger partial charge >= 0.3 is 0 Å². The first kappa shape index (κ1) is 14.7. The van der Waals surface area contributed by atoms with Gasteiger partial charge in [-0.3, -0.25) is 0 Å². The Hall–Kier alpha value is -0.220. The lowest BCUT2D eigenvalue weighted by Gasteiger charge is -2.39. The van der Waals surface area contributed by atoms with Crippen molar-refractivity contribution < 1.29 is 9.84 Å². The lowest BCUT2D eigenvalue weighted by molar-refractivity contribution is -0.102. The van der Waals surface area contributed by atoms with Crippen molar-refractivity contribution in [3.8, 4) is 0 Å². The Morgan fingerprint density at radius 1 is 1.50 bits per heavy atom. The first-order valence-electron chi connectivity index (χ1n) is 7.26. The van der Waals surface area contributed by atoms with E-state index in [0.717, 1.165) is 42.7 Å². The number of rotatable bonds is 2. The molecule has 3 unspecified atom stereocenters. The summed E-state index contributed by atoms with van der Waals surface area (Å²) >= 11 is 8.33. The molecule has 0 radical (unpaired) electrons. The summed E-state index contributed by atoms with van der Waals surface area (Å²) in [5.74, 6) is 2.49. The normalized spacial score (nSPS) is 31.6. The van der Waals surface area contributed by atoms with Gasteiger partial charge in [0.15, 0.2) is 0 Å². The first-order valence-corrected chi connectivity index (χ1v) is 8.79. The van der Waals surface area contributed by atoms with Gasteiger partial charge in [0.25, 0.3) is 0 Å². The van der Waals surface area contributed by atoms with E-state index in [1.807, 2.05) is 36.9 Å². The van der Waals surface area contributed by atoms with E-state index in [0.29, 0.717) is 5.02 Å². The molecule has 1 aromatic carbocycles. The molecule has 1 N–H and O–H groups in total. The van der Waals surface area contributed by atoms with Gasteiger partial charge < -0.3 is 9.84 Å². The topological polar surface area (TPSA) is 29.5 Å². The lowest BCUT2D eigenvalue weighted by atomic mass is 9.80. The van der Waals surface area contributed by atoms with Crippen LogP contribution in [0.4, 0.5) is 0 Å². The third-order valence-corrected chi connectivity index (χ3v) is 6.32. The molecule has 2 aliphatic rings. The van der Waals surface area contributed by atoms with Gasteiger partial charge in [-0.2, -0.15) is 11.8 Å². The molecule has 0 bridgehead atoms. The molecular formula is C16H21ClO2S. The Morgan fingerprint density at radius 2 is 2.35 bits per heavy atom. The highest BCUT2D eigenvalue weighted by Gasteiger charge is 2.42. The second-order valence-corrected chi connectivity index (χ2v) is 7.49. The molecule has 2 fully saturated rings.